The number of aromatic amines is 1. The molecule has 0 amide bonds. The van der Waals surface area contributed by atoms with Crippen LogP contribution >= 0.6 is 0 Å². The van der Waals surface area contributed by atoms with Crippen LogP contribution in [-0.2, 0) is 0 Å². The van der Waals surface area contributed by atoms with E-state index in [2.05, 4.69) is 34.0 Å². The smallest absolute Gasteiger partial charge is 0.252 e. The minimum Gasteiger partial charge on any atom is -0.352 e. The maximum Gasteiger partial charge on any atom is 0.252 e. The third kappa shape index (κ3) is 3.60. The molecular formula is C15H26N4O. The lowest BCUT2D eigenvalue weighted by Gasteiger charge is -2.30. The first-order valence-corrected chi connectivity index (χ1v) is 7.58. The van der Waals surface area contributed by atoms with Gasteiger partial charge < -0.3 is 15.2 Å². The summed E-state index contributed by atoms with van der Waals surface area (Å²) in [5, 5.41) is 3.51. The molecule has 1 fully saturated rings. The van der Waals surface area contributed by atoms with Gasteiger partial charge in [-0.05, 0) is 33.2 Å². The second-order valence-corrected chi connectivity index (χ2v) is 6.18. The standard InChI is InChI=1S/C15H26N4O/c1-10(2)15-17-13(8-14(20)18-15)19(11(3)4)9-12-6-5-7-16-12/h8,10-12,16H,5-7,9H2,1-4H3,(H,17,18,20). The first-order chi connectivity index (χ1) is 9.47. The van der Waals surface area contributed by atoms with Crippen molar-refractivity contribution in [1.82, 2.24) is 15.3 Å². The van der Waals surface area contributed by atoms with Gasteiger partial charge in [-0.2, -0.15) is 0 Å². The molecule has 0 bridgehead atoms. The summed E-state index contributed by atoms with van der Waals surface area (Å²) >= 11 is 0. The summed E-state index contributed by atoms with van der Waals surface area (Å²) in [6, 6.07) is 2.44. The number of nitrogens with zero attached hydrogens (tertiary/aromatic N) is 2. The van der Waals surface area contributed by atoms with Gasteiger partial charge >= 0.3 is 0 Å². The Kier molecular flexibility index (Phi) is 4.81. The Morgan fingerprint density at radius 1 is 1.40 bits per heavy atom. The van der Waals surface area contributed by atoms with E-state index in [9.17, 15) is 4.79 Å². The minimum absolute atomic E-state index is 0.0660. The van der Waals surface area contributed by atoms with Gasteiger partial charge in [0.25, 0.3) is 5.56 Å². The predicted molar refractivity (Wildman–Crippen MR) is 82.5 cm³/mol. The molecule has 1 saturated heterocycles. The van der Waals surface area contributed by atoms with Crippen molar-refractivity contribution < 1.29 is 0 Å². The Morgan fingerprint density at radius 3 is 2.70 bits per heavy atom. The van der Waals surface area contributed by atoms with E-state index in [0.29, 0.717) is 12.1 Å². The van der Waals surface area contributed by atoms with Gasteiger partial charge in [-0.15, -0.1) is 0 Å². The van der Waals surface area contributed by atoms with Crippen LogP contribution in [-0.4, -0.2) is 35.1 Å². The zero-order valence-corrected chi connectivity index (χ0v) is 12.9. The lowest BCUT2D eigenvalue weighted by Crippen LogP contribution is -2.42. The number of hydrogen-bond acceptors (Lipinski definition) is 4. The van der Waals surface area contributed by atoms with Gasteiger partial charge in [0.1, 0.15) is 11.6 Å². The summed E-state index contributed by atoms with van der Waals surface area (Å²) in [5.74, 6) is 1.78. The first-order valence-electron chi connectivity index (χ1n) is 7.58. The Labute approximate surface area is 120 Å². The summed E-state index contributed by atoms with van der Waals surface area (Å²) in [6.45, 7) is 10.4. The maximum atomic E-state index is 11.8. The molecule has 0 spiro atoms. The topological polar surface area (TPSA) is 61.0 Å². The highest BCUT2D eigenvalue weighted by atomic mass is 16.1. The highest BCUT2D eigenvalue weighted by molar-refractivity contribution is 5.39. The van der Waals surface area contributed by atoms with E-state index in [4.69, 9.17) is 0 Å². The Balaban J connectivity index is 2.26. The van der Waals surface area contributed by atoms with Crippen LogP contribution < -0.4 is 15.8 Å². The van der Waals surface area contributed by atoms with Crippen LogP contribution in [0.1, 0.15) is 52.3 Å². The second kappa shape index (κ2) is 6.39. The van der Waals surface area contributed by atoms with Crippen molar-refractivity contribution in [2.24, 2.45) is 0 Å². The normalized spacial score (nSPS) is 19.0. The molecule has 20 heavy (non-hydrogen) atoms. The zero-order chi connectivity index (χ0) is 14.7. The lowest BCUT2D eigenvalue weighted by molar-refractivity contribution is 0.547. The van der Waals surface area contributed by atoms with Crippen molar-refractivity contribution in [1.29, 1.82) is 0 Å². The fourth-order valence-electron chi connectivity index (χ4n) is 2.60. The monoisotopic (exact) mass is 278 g/mol. The van der Waals surface area contributed by atoms with E-state index in [1.54, 1.807) is 6.07 Å². The molecule has 5 nitrogen and oxygen atoms in total. The molecule has 1 aromatic heterocycles. The van der Waals surface area contributed by atoms with Crippen molar-refractivity contribution in [2.45, 2.75) is 58.5 Å². The Morgan fingerprint density at radius 2 is 2.15 bits per heavy atom. The lowest BCUT2D eigenvalue weighted by atomic mass is 10.2. The molecule has 5 heteroatoms. The van der Waals surface area contributed by atoms with Gasteiger partial charge in [0.05, 0.1) is 0 Å². The van der Waals surface area contributed by atoms with Crippen LogP contribution in [0.25, 0.3) is 0 Å². The fourth-order valence-corrected chi connectivity index (χ4v) is 2.60. The average Bonchev–Trinajstić information content (AvgIpc) is 2.87. The molecule has 2 N–H and O–H groups in total. The van der Waals surface area contributed by atoms with E-state index in [1.165, 1.54) is 12.8 Å². The summed E-state index contributed by atoms with van der Waals surface area (Å²) < 4.78 is 0. The third-order valence-electron chi connectivity index (χ3n) is 3.79. The van der Waals surface area contributed by atoms with Crippen LogP contribution in [0, 0.1) is 0 Å². The summed E-state index contributed by atoms with van der Waals surface area (Å²) in [7, 11) is 0. The number of aromatic nitrogens is 2. The number of rotatable bonds is 5. The molecule has 1 aliphatic rings. The van der Waals surface area contributed by atoms with E-state index in [-0.39, 0.29) is 11.5 Å². The number of nitrogens with one attached hydrogen (secondary N) is 2. The third-order valence-corrected chi connectivity index (χ3v) is 3.79. The SMILES string of the molecule is CC(C)c1nc(N(CC2CCCN2)C(C)C)cc(=O)[nH]1. The van der Waals surface area contributed by atoms with Crippen molar-refractivity contribution in [2.75, 3.05) is 18.0 Å². The molecule has 2 rings (SSSR count). The molecule has 0 aromatic carbocycles. The zero-order valence-electron chi connectivity index (χ0n) is 12.9. The van der Waals surface area contributed by atoms with Crippen LogP contribution in [0.2, 0.25) is 0 Å². The van der Waals surface area contributed by atoms with Crippen molar-refractivity contribution in [3.63, 3.8) is 0 Å². The fraction of sp³-hybridized carbons (Fsp3) is 0.733. The molecular weight excluding hydrogens is 252 g/mol. The van der Waals surface area contributed by atoms with Gasteiger partial charge in [0.2, 0.25) is 0 Å². The van der Waals surface area contributed by atoms with Crippen LogP contribution in [0.5, 0.6) is 0 Å². The molecule has 1 aromatic rings. The molecule has 112 valence electrons. The maximum absolute atomic E-state index is 11.8. The first kappa shape index (κ1) is 15.0. The summed E-state index contributed by atoms with van der Waals surface area (Å²) in [6.07, 6.45) is 2.43. The van der Waals surface area contributed by atoms with Crippen LogP contribution in [0.15, 0.2) is 10.9 Å². The predicted octanol–water partition coefficient (Wildman–Crippen LogP) is 1.86. The Hall–Kier alpha value is -1.36. The second-order valence-electron chi connectivity index (χ2n) is 6.18. The molecule has 1 atom stereocenters. The van der Waals surface area contributed by atoms with Gasteiger partial charge in [-0.25, -0.2) is 4.98 Å². The molecule has 1 aliphatic heterocycles. The molecule has 0 saturated carbocycles. The molecule has 0 aliphatic carbocycles. The highest BCUT2D eigenvalue weighted by Crippen LogP contribution is 2.18. The van der Waals surface area contributed by atoms with Crippen LogP contribution in [0.3, 0.4) is 0 Å². The summed E-state index contributed by atoms with van der Waals surface area (Å²) in [4.78, 5) is 21.5. The van der Waals surface area contributed by atoms with E-state index < -0.39 is 0 Å². The van der Waals surface area contributed by atoms with Gasteiger partial charge in [-0.1, -0.05) is 13.8 Å². The van der Waals surface area contributed by atoms with E-state index >= 15 is 0 Å². The quantitative estimate of drug-likeness (QED) is 0.863. The molecule has 1 unspecified atom stereocenters. The molecule has 2 heterocycles. The van der Waals surface area contributed by atoms with Crippen LogP contribution in [0.4, 0.5) is 5.82 Å². The summed E-state index contributed by atoms with van der Waals surface area (Å²) in [5.41, 5.74) is -0.0660. The van der Waals surface area contributed by atoms with Gasteiger partial charge in [-0.3, -0.25) is 4.79 Å². The van der Waals surface area contributed by atoms with Crippen molar-refractivity contribution in [3.8, 4) is 0 Å². The average molecular weight is 278 g/mol. The Bertz CT molecular complexity index is 489. The highest BCUT2D eigenvalue weighted by Gasteiger charge is 2.21. The largest absolute Gasteiger partial charge is 0.352 e. The van der Waals surface area contributed by atoms with E-state index in [0.717, 1.165) is 24.7 Å². The van der Waals surface area contributed by atoms with Gasteiger partial charge in [0, 0.05) is 30.6 Å². The van der Waals surface area contributed by atoms with Crippen molar-refractivity contribution in [3.05, 3.63) is 22.2 Å². The number of anilines is 1. The van der Waals surface area contributed by atoms with Crippen molar-refractivity contribution >= 4 is 5.82 Å². The molecule has 0 radical (unpaired) electrons. The number of H-pyrrole nitrogens is 1. The van der Waals surface area contributed by atoms with E-state index in [1.807, 2.05) is 13.8 Å². The number of hydrogen-bond donors (Lipinski definition) is 2. The van der Waals surface area contributed by atoms with Gasteiger partial charge in [0.15, 0.2) is 0 Å². The minimum atomic E-state index is -0.0660.